The van der Waals surface area contributed by atoms with E-state index in [2.05, 4.69) is 4.90 Å². The van der Waals surface area contributed by atoms with Crippen molar-refractivity contribution in [1.82, 2.24) is 0 Å². The Balaban J connectivity index is 1.91. The van der Waals surface area contributed by atoms with Crippen LogP contribution in [0.25, 0.3) is 0 Å². The van der Waals surface area contributed by atoms with E-state index in [1.54, 1.807) is 24.3 Å². The highest BCUT2D eigenvalue weighted by Crippen LogP contribution is 2.31. The molecule has 0 aromatic heterocycles. The van der Waals surface area contributed by atoms with Gasteiger partial charge in [-0.05, 0) is 17.7 Å². The van der Waals surface area contributed by atoms with Gasteiger partial charge in [0.1, 0.15) is 6.29 Å². The second kappa shape index (κ2) is 5.33. The van der Waals surface area contributed by atoms with Crippen molar-refractivity contribution in [3.8, 4) is 0 Å². The minimum absolute atomic E-state index is 0.135. The molecule has 0 amide bonds. The van der Waals surface area contributed by atoms with Crippen LogP contribution in [0, 0.1) is 0 Å². The van der Waals surface area contributed by atoms with E-state index in [1.807, 2.05) is 24.3 Å². The Kier molecular flexibility index (Phi) is 3.51. The third-order valence-corrected chi connectivity index (χ3v) is 5.40. The Morgan fingerprint density at radius 3 is 2.48 bits per heavy atom. The third kappa shape index (κ3) is 2.69. The Hall–Kier alpha value is -2.14. The molecule has 0 saturated carbocycles. The molecule has 0 aliphatic carbocycles. The summed E-state index contributed by atoms with van der Waals surface area (Å²) in [6, 6.07) is 14.4. The van der Waals surface area contributed by atoms with E-state index in [1.165, 1.54) is 0 Å². The fourth-order valence-electron chi connectivity index (χ4n) is 2.53. The molecule has 3 rings (SSSR count). The molecular weight excluding hydrogens is 286 g/mol. The number of aldehydes is 1. The fraction of sp³-hybridized carbons (Fsp3) is 0.188. The Bertz CT molecular complexity index is 766. The second-order valence-electron chi connectivity index (χ2n) is 5.07. The standard InChI is InChI=1S/C16H15NO3S/c18-12-14-7-5-13(6-8-14)11-17-9-10-21(19,20)16-4-2-1-3-15(16)17/h1-8,12H,9-11H2. The normalized spacial score (nSPS) is 16.3. The zero-order chi connectivity index (χ0) is 14.9. The molecule has 21 heavy (non-hydrogen) atoms. The van der Waals surface area contributed by atoms with Crippen LogP contribution in [0.3, 0.4) is 0 Å². The lowest BCUT2D eigenvalue weighted by Gasteiger charge is -2.31. The summed E-state index contributed by atoms with van der Waals surface area (Å²) in [5.74, 6) is 0.135. The summed E-state index contributed by atoms with van der Waals surface area (Å²) < 4.78 is 24.2. The van der Waals surface area contributed by atoms with Crippen LogP contribution in [0.4, 0.5) is 5.69 Å². The van der Waals surface area contributed by atoms with E-state index < -0.39 is 9.84 Å². The van der Waals surface area contributed by atoms with Crippen molar-refractivity contribution in [2.45, 2.75) is 11.4 Å². The van der Waals surface area contributed by atoms with E-state index in [0.29, 0.717) is 23.5 Å². The monoisotopic (exact) mass is 301 g/mol. The smallest absolute Gasteiger partial charge is 0.182 e. The van der Waals surface area contributed by atoms with Gasteiger partial charge in [0.15, 0.2) is 9.84 Å². The lowest BCUT2D eigenvalue weighted by atomic mass is 10.1. The molecule has 2 aromatic rings. The van der Waals surface area contributed by atoms with Crippen LogP contribution in [-0.2, 0) is 16.4 Å². The molecule has 4 nitrogen and oxygen atoms in total. The molecule has 0 N–H and O–H groups in total. The average molecular weight is 301 g/mol. The van der Waals surface area contributed by atoms with E-state index in [4.69, 9.17) is 0 Å². The fourth-order valence-corrected chi connectivity index (χ4v) is 4.01. The van der Waals surface area contributed by atoms with Crippen LogP contribution in [-0.4, -0.2) is 27.0 Å². The first kappa shape index (κ1) is 13.8. The molecule has 0 saturated heterocycles. The van der Waals surface area contributed by atoms with E-state index >= 15 is 0 Å². The first-order valence-corrected chi connectivity index (χ1v) is 8.36. The van der Waals surface area contributed by atoms with Gasteiger partial charge in [-0.3, -0.25) is 4.79 Å². The lowest BCUT2D eigenvalue weighted by Crippen LogP contribution is -2.34. The van der Waals surface area contributed by atoms with Crippen molar-refractivity contribution in [2.75, 3.05) is 17.2 Å². The van der Waals surface area contributed by atoms with Crippen molar-refractivity contribution in [2.24, 2.45) is 0 Å². The Morgan fingerprint density at radius 2 is 1.76 bits per heavy atom. The largest absolute Gasteiger partial charge is 0.365 e. The lowest BCUT2D eigenvalue weighted by molar-refractivity contribution is 0.112. The van der Waals surface area contributed by atoms with E-state index in [0.717, 1.165) is 17.5 Å². The quantitative estimate of drug-likeness (QED) is 0.816. The predicted molar refractivity (Wildman–Crippen MR) is 81.4 cm³/mol. The van der Waals surface area contributed by atoms with Crippen molar-refractivity contribution in [3.05, 3.63) is 59.7 Å². The zero-order valence-corrected chi connectivity index (χ0v) is 12.2. The average Bonchev–Trinajstić information content (AvgIpc) is 2.51. The SMILES string of the molecule is O=Cc1ccc(CN2CCS(=O)(=O)c3ccccc32)cc1. The first-order chi connectivity index (χ1) is 10.1. The molecule has 1 aliphatic heterocycles. The van der Waals surface area contributed by atoms with Gasteiger partial charge in [-0.2, -0.15) is 0 Å². The van der Waals surface area contributed by atoms with Crippen LogP contribution < -0.4 is 4.90 Å². The second-order valence-corrected chi connectivity index (χ2v) is 7.15. The van der Waals surface area contributed by atoms with Crippen LogP contribution >= 0.6 is 0 Å². The highest BCUT2D eigenvalue weighted by atomic mass is 32.2. The number of para-hydroxylation sites is 1. The molecule has 108 valence electrons. The predicted octanol–water partition coefficient (Wildman–Crippen LogP) is 2.29. The van der Waals surface area contributed by atoms with Crippen LogP contribution in [0.5, 0.6) is 0 Å². The number of carbonyl (C=O) groups excluding carboxylic acids is 1. The number of rotatable bonds is 3. The van der Waals surface area contributed by atoms with Crippen LogP contribution in [0.15, 0.2) is 53.4 Å². The summed E-state index contributed by atoms with van der Waals surface area (Å²) >= 11 is 0. The highest BCUT2D eigenvalue weighted by molar-refractivity contribution is 7.91. The number of sulfone groups is 1. The van der Waals surface area contributed by atoms with Crippen LogP contribution in [0.2, 0.25) is 0 Å². The molecule has 0 radical (unpaired) electrons. The van der Waals surface area contributed by atoms with Crippen molar-refractivity contribution >= 4 is 21.8 Å². The van der Waals surface area contributed by atoms with Crippen molar-refractivity contribution in [3.63, 3.8) is 0 Å². The van der Waals surface area contributed by atoms with Gasteiger partial charge in [-0.1, -0.05) is 36.4 Å². The Labute approximate surface area is 123 Å². The summed E-state index contributed by atoms with van der Waals surface area (Å²) in [5, 5.41) is 0. The molecule has 0 spiro atoms. The van der Waals surface area contributed by atoms with Crippen molar-refractivity contribution < 1.29 is 13.2 Å². The number of hydrogen-bond acceptors (Lipinski definition) is 4. The summed E-state index contributed by atoms with van der Waals surface area (Å²) in [5.41, 5.74) is 2.44. The van der Waals surface area contributed by atoms with Gasteiger partial charge < -0.3 is 4.90 Å². The number of hydrogen-bond donors (Lipinski definition) is 0. The van der Waals surface area contributed by atoms with Gasteiger partial charge >= 0.3 is 0 Å². The molecule has 2 aromatic carbocycles. The van der Waals surface area contributed by atoms with Gasteiger partial charge in [0.05, 0.1) is 16.3 Å². The summed E-state index contributed by atoms with van der Waals surface area (Å²) in [7, 11) is -3.17. The maximum absolute atomic E-state index is 12.1. The molecule has 0 atom stereocenters. The minimum Gasteiger partial charge on any atom is -0.365 e. The molecule has 5 heteroatoms. The topological polar surface area (TPSA) is 54.5 Å². The van der Waals surface area contributed by atoms with E-state index in [-0.39, 0.29) is 5.75 Å². The van der Waals surface area contributed by atoms with Gasteiger partial charge in [0.25, 0.3) is 0 Å². The Morgan fingerprint density at radius 1 is 1.05 bits per heavy atom. The maximum atomic E-state index is 12.1. The number of nitrogens with zero attached hydrogens (tertiary/aromatic N) is 1. The van der Waals surface area contributed by atoms with Gasteiger partial charge in [0.2, 0.25) is 0 Å². The molecular formula is C16H15NO3S. The van der Waals surface area contributed by atoms with E-state index in [9.17, 15) is 13.2 Å². The van der Waals surface area contributed by atoms with Crippen molar-refractivity contribution in [1.29, 1.82) is 0 Å². The zero-order valence-electron chi connectivity index (χ0n) is 11.4. The maximum Gasteiger partial charge on any atom is 0.182 e. The molecule has 0 bridgehead atoms. The molecule has 0 unspecified atom stereocenters. The minimum atomic E-state index is -3.17. The molecule has 1 aliphatic rings. The van der Waals surface area contributed by atoms with Gasteiger partial charge in [-0.15, -0.1) is 0 Å². The van der Waals surface area contributed by atoms with Gasteiger partial charge in [-0.25, -0.2) is 8.42 Å². The third-order valence-electron chi connectivity index (χ3n) is 3.66. The first-order valence-electron chi connectivity index (χ1n) is 6.71. The summed E-state index contributed by atoms with van der Waals surface area (Å²) in [4.78, 5) is 13.1. The number of anilines is 1. The number of carbonyl (C=O) groups is 1. The molecule has 0 fully saturated rings. The number of benzene rings is 2. The highest BCUT2D eigenvalue weighted by Gasteiger charge is 2.27. The van der Waals surface area contributed by atoms with Gasteiger partial charge in [0, 0.05) is 18.7 Å². The number of fused-ring (bicyclic) bond motifs is 1. The summed E-state index contributed by atoms with van der Waals surface area (Å²) in [6.45, 7) is 1.11. The summed E-state index contributed by atoms with van der Waals surface area (Å²) in [6.07, 6.45) is 0.812. The molecule has 1 heterocycles. The van der Waals surface area contributed by atoms with Crippen LogP contribution in [0.1, 0.15) is 15.9 Å².